The maximum atomic E-state index is 6.03. The van der Waals surface area contributed by atoms with Crippen molar-refractivity contribution >= 4 is 39.7 Å². The predicted octanol–water partition coefficient (Wildman–Crippen LogP) is 4.36. The lowest BCUT2D eigenvalue weighted by Crippen LogP contribution is -1.98. The van der Waals surface area contributed by atoms with Crippen LogP contribution in [0, 0.1) is 6.92 Å². The molecule has 5 heteroatoms. The van der Waals surface area contributed by atoms with Crippen molar-refractivity contribution in [2.45, 2.75) is 6.92 Å². The molecule has 3 aromatic rings. The number of fused-ring (bicyclic) bond motifs is 1. The van der Waals surface area contributed by atoms with Crippen LogP contribution in [0.25, 0.3) is 21.6 Å². The van der Waals surface area contributed by atoms with Crippen molar-refractivity contribution in [2.75, 3.05) is 12.4 Å². The van der Waals surface area contributed by atoms with Crippen LogP contribution < -0.4 is 5.32 Å². The molecule has 1 N–H and O–H groups in total. The van der Waals surface area contributed by atoms with E-state index in [-0.39, 0.29) is 0 Å². The molecule has 0 atom stereocenters. The summed E-state index contributed by atoms with van der Waals surface area (Å²) in [7, 11) is 1.85. The van der Waals surface area contributed by atoms with E-state index in [1.807, 2.05) is 25.2 Å². The Bertz CT molecular complexity index is 752. The summed E-state index contributed by atoms with van der Waals surface area (Å²) >= 11 is 7.69. The van der Waals surface area contributed by atoms with Crippen molar-refractivity contribution in [1.82, 2.24) is 9.97 Å². The summed E-state index contributed by atoms with van der Waals surface area (Å²) in [5.41, 5.74) is 2.09. The van der Waals surface area contributed by atoms with Crippen molar-refractivity contribution in [2.24, 2.45) is 0 Å². The van der Waals surface area contributed by atoms with Crippen molar-refractivity contribution < 1.29 is 0 Å². The number of benzene rings is 1. The van der Waals surface area contributed by atoms with Crippen LogP contribution in [0.2, 0.25) is 5.02 Å². The Labute approximate surface area is 120 Å². The van der Waals surface area contributed by atoms with E-state index < -0.39 is 0 Å². The molecule has 2 heterocycles. The third kappa shape index (κ3) is 2.17. The average molecular weight is 290 g/mol. The van der Waals surface area contributed by atoms with Gasteiger partial charge in [-0.05, 0) is 42.1 Å². The molecule has 0 aliphatic carbocycles. The first-order chi connectivity index (χ1) is 9.19. The first kappa shape index (κ1) is 12.4. The number of nitrogens with one attached hydrogen (secondary N) is 1. The summed E-state index contributed by atoms with van der Waals surface area (Å²) in [6, 6.07) is 7.73. The Morgan fingerprint density at radius 1 is 1.21 bits per heavy atom. The highest BCUT2D eigenvalue weighted by atomic mass is 35.5. The van der Waals surface area contributed by atoms with Gasteiger partial charge in [0.25, 0.3) is 0 Å². The van der Waals surface area contributed by atoms with Crippen LogP contribution in [0.4, 0.5) is 5.82 Å². The van der Waals surface area contributed by atoms with E-state index in [1.54, 1.807) is 11.3 Å². The molecule has 0 saturated carbocycles. The molecule has 19 heavy (non-hydrogen) atoms. The minimum Gasteiger partial charge on any atom is -0.373 e. The van der Waals surface area contributed by atoms with Crippen molar-refractivity contribution in [3.05, 3.63) is 40.2 Å². The molecule has 3 nitrogen and oxygen atoms in total. The molecule has 2 aromatic heterocycles. The summed E-state index contributed by atoms with van der Waals surface area (Å²) in [6.45, 7) is 2.07. The van der Waals surface area contributed by atoms with Crippen molar-refractivity contribution in [3.8, 4) is 10.7 Å². The van der Waals surface area contributed by atoms with Gasteiger partial charge in [-0.3, -0.25) is 0 Å². The number of hydrogen-bond donors (Lipinski definition) is 1. The molecule has 0 bridgehead atoms. The van der Waals surface area contributed by atoms with Gasteiger partial charge >= 0.3 is 0 Å². The summed E-state index contributed by atoms with van der Waals surface area (Å²) in [6.07, 6.45) is 0. The van der Waals surface area contributed by atoms with Crippen molar-refractivity contribution in [1.29, 1.82) is 0 Å². The van der Waals surface area contributed by atoms with Gasteiger partial charge in [0.05, 0.1) is 10.4 Å². The Kier molecular flexibility index (Phi) is 3.12. The van der Waals surface area contributed by atoms with Gasteiger partial charge in [-0.2, -0.15) is 0 Å². The number of aryl methyl sites for hydroxylation is 1. The fraction of sp³-hybridized carbons (Fsp3) is 0.143. The van der Waals surface area contributed by atoms with Crippen LogP contribution in [0.15, 0.2) is 29.6 Å². The fourth-order valence-electron chi connectivity index (χ4n) is 1.99. The standard InChI is InChI=1S/C14H12ClN3S/c1-8-5-6-19-12(8)14-17-11-4-3-9(15)7-10(11)13(16-2)18-14/h3-7H,1-2H3,(H,16,17,18). The van der Waals surface area contributed by atoms with Gasteiger partial charge in [-0.1, -0.05) is 11.6 Å². The lowest BCUT2D eigenvalue weighted by atomic mass is 10.2. The Morgan fingerprint density at radius 3 is 2.74 bits per heavy atom. The third-order valence-corrected chi connectivity index (χ3v) is 4.21. The van der Waals surface area contributed by atoms with Crippen LogP contribution in [-0.2, 0) is 0 Å². The predicted molar refractivity (Wildman–Crippen MR) is 82.1 cm³/mol. The number of aromatic nitrogens is 2. The maximum absolute atomic E-state index is 6.03. The minimum atomic E-state index is 0.688. The summed E-state index contributed by atoms with van der Waals surface area (Å²) in [5, 5.41) is 6.79. The van der Waals surface area contributed by atoms with Gasteiger partial charge in [0.15, 0.2) is 5.82 Å². The monoisotopic (exact) mass is 289 g/mol. The van der Waals surface area contributed by atoms with Gasteiger partial charge in [0, 0.05) is 17.5 Å². The number of rotatable bonds is 2. The molecular weight excluding hydrogens is 278 g/mol. The average Bonchev–Trinajstić information content (AvgIpc) is 2.84. The topological polar surface area (TPSA) is 37.8 Å². The molecule has 0 aliphatic rings. The molecular formula is C14H12ClN3S. The van der Waals surface area contributed by atoms with Gasteiger partial charge in [-0.15, -0.1) is 11.3 Å². The SMILES string of the molecule is CNc1nc(-c2sccc2C)nc2ccc(Cl)cc12. The number of halogens is 1. The number of hydrogen-bond acceptors (Lipinski definition) is 4. The molecule has 0 fully saturated rings. The minimum absolute atomic E-state index is 0.688. The zero-order valence-electron chi connectivity index (χ0n) is 10.6. The lowest BCUT2D eigenvalue weighted by Gasteiger charge is -2.08. The number of thiophene rings is 1. The molecule has 96 valence electrons. The highest BCUT2D eigenvalue weighted by molar-refractivity contribution is 7.13. The first-order valence-electron chi connectivity index (χ1n) is 5.88. The van der Waals surface area contributed by atoms with Crippen LogP contribution >= 0.6 is 22.9 Å². The van der Waals surface area contributed by atoms with Gasteiger partial charge in [0.2, 0.25) is 0 Å². The smallest absolute Gasteiger partial charge is 0.172 e. The third-order valence-electron chi connectivity index (χ3n) is 2.96. The Balaban J connectivity index is 2.29. The molecule has 0 unspecified atom stereocenters. The second kappa shape index (κ2) is 4.79. The molecule has 1 aromatic carbocycles. The van der Waals surface area contributed by atoms with Crippen LogP contribution in [0.1, 0.15) is 5.56 Å². The number of anilines is 1. The normalized spacial score (nSPS) is 10.9. The van der Waals surface area contributed by atoms with E-state index in [1.165, 1.54) is 5.56 Å². The zero-order valence-corrected chi connectivity index (χ0v) is 12.1. The van der Waals surface area contributed by atoms with E-state index >= 15 is 0 Å². The van der Waals surface area contributed by atoms with Crippen LogP contribution in [0.3, 0.4) is 0 Å². The summed E-state index contributed by atoms with van der Waals surface area (Å²) < 4.78 is 0. The van der Waals surface area contributed by atoms with E-state index in [4.69, 9.17) is 11.6 Å². The molecule has 3 rings (SSSR count). The van der Waals surface area contributed by atoms with Crippen molar-refractivity contribution in [3.63, 3.8) is 0 Å². The molecule has 0 aliphatic heterocycles. The van der Waals surface area contributed by atoms with Gasteiger partial charge in [-0.25, -0.2) is 9.97 Å². The molecule has 0 saturated heterocycles. The first-order valence-corrected chi connectivity index (χ1v) is 7.14. The molecule has 0 spiro atoms. The van der Waals surface area contributed by atoms with Crippen LogP contribution in [0.5, 0.6) is 0 Å². The largest absolute Gasteiger partial charge is 0.373 e. The van der Waals surface area contributed by atoms with Gasteiger partial charge < -0.3 is 5.32 Å². The highest BCUT2D eigenvalue weighted by Crippen LogP contribution is 2.31. The van der Waals surface area contributed by atoms with Gasteiger partial charge in [0.1, 0.15) is 5.82 Å². The lowest BCUT2D eigenvalue weighted by molar-refractivity contribution is 1.22. The van der Waals surface area contributed by atoms with E-state index in [9.17, 15) is 0 Å². The quantitative estimate of drug-likeness (QED) is 0.761. The Morgan fingerprint density at radius 2 is 2.05 bits per heavy atom. The summed E-state index contributed by atoms with van der Waals surface area (Å²) in [4.78, 5) is 10.3. The maximum Gasteiger partial charge on any atom is 0.172 e. The van der Waals surface area contributed by atoms with E-state index in [0.29, 0.717) is 5.02 Å². The second-order valence-corrected chi connectivity index (χ2v) is 5.59. The molecule has 0 amide bonds. The highest BCUT2D eigenvalue weighted by Gasteiger charge is 2.11. The zero-order chi connectivity index (χ0) is 13.4. The summed E-state index contributed by atoms with van der Waals surface area (Å²) in [5.74, 6) is 1.56. The Hall–Kier alpha value is -1.65. The second-order valence-electron chi connectivity index (χ2n) is 4.24. The van der Waals surface area contributed by atoms with E-state index in [0.717, 1.165) is 27.4 Å². The molecule has 0 radical (unpaired) electrons. The number of nitrogens with zero attached hydrogens (tertiary/aromatic N) is 2. The van der Waals surface area contributed by atoms with E-state index in [2.05, 4.69) is 33.7 Å². The van der Waals surface area contributed by atoms with Crippen LogP contribution in [-0.4, -0.2) is 17.0 Å². The fourth-order valence-corrected chi connectivity index (χ4v) is 3.03.